The molecule has 0 aromatic carbocycles. The fourth-order valence-electron chi connectivity index (χ4n) is 1.31. The van der Waals surface area contributed by atoms with E-state index >= 15 is 0 Å². The van der Waals surface area contributed by atoms with Gasteiger partial charge in [0.15, 0.2) is 0 Å². The van der Waals surface area contributed by atoms with E-state index in [2.05, 4.69) is 9.97 Å². The van der Waals surface area contributed by atoms with Crippen molar-refractivity contribution in [2.24, 2.45) is 5.92 Å². The van der Waals surface area contributed by atoms with Crippen molar-refractivity contribution in [2.75, 3.05) is 24.7 Å². The molecule has 0 saturated carbocycles. The second kappa shape index (κ2) is 3.05. The van der Waals surface area contributed by atoms with Crippen molar-refractivity contribution in [2.45, 2.75) is 0 Å². The summed E-state index contributed by atoms with van der Waals surface area (Å²) in [5.74, 6) is 1.05. The summed E-state index contributed by atoms with van der Waals surface area (Å²) in [6, 6.07) is 0. The fraction of sp³-hybridized carbons (Fsp3) is 0.500. The summed E-state index contributed by atoms with van der Waals surface area (Å²) in [6.07, 6.45) is 4.99. The minimum atomic E-state index is -0.225. The first-order chi connectivity index (χ1) is 5.90. The average Bonchev–Trinajstić information content (AvgIpc) is 2.04. The molecule has 0 amide bonds. The van der Waals surface area contributed by atoms with Crippen molar-refractivity contribution < 1.29 is 4.39 Å². The van der Waals surface area contributed by atoms with E-state index in [4.69, 9.17) is 0 Å². The highest BCUT2D eigenvalue weighted by atomic mass is 19.1. The SMILES string of the molecule is FCC1CN(c2cnccn2)C1. The molecule has 1 fully saturated rings. The molecule has 0 bridgehead atoms. The van der Waals surface area contributed by atoms with E-state index in [0.29, 0.717) is 0 Å². The largest absolute Gasteiger partial charge is 0.354 e. The number of halogens is 1. The molecule has 0 unspecified atom stereocenters. The van der Waals surface area contributed by atoms with Crippen molar-refractivity contribution in [1.29, 1.82) is 0 Å². The van der Waals surface area contributed by atoms with E-state index < -0.39 is 0 Å². The zero-order chi connectivity index (χ0) is 8.39. The number of hydrogen-bond donors (Lipinski definition) is 0. The maximum atomic E-state index is 12.1. The van der Waals surface area contributed by atoms with Gasteiger partial charge in [-0.15, -0.1) is 0 Å². The van der Waals surface area contributed by atoms with Gasteiger partial charge in [0.25, 0.3) is 0 Å². The van der Waals surface area contributed by atoms with Gasteiger partial charge in [0, 0.05) is 31.4 Å². The third-order valence-electron chi connectivity index (χ3n) is 2.05. The molecule has 0 spiro atoms. The van der Waals surface area contributed by atoms with Crippen molar-refractivity contribution in [1.82, 2.24) is 9.97 Å². The highest BCUT2D eigenvalue weighted by Crippen LogP contribution is 2.21. The lowest BCUT2D eigenvalue weighted by molar-refractivity contribution is 0.304. The number of hydrogen-bond acceptors (Lipinski definition) is 3. The summed E-state index contributed by atoms with van der Waals surface area (Å²) in [4.78, 5) is 10.1. The van der Waals surface area contributed by atoms with Crippen molar-refractivity contribution >= 4 is 5.82 Å². The van der Waals surface area contributed by atoms with Gasteiger partial charge in [-0.25, -0.2) is 4.98 Å². The van der Waals surface area contributed by atoms with Gasteiger partial charge in [0.2, 0.25) is 0 Å². The minimum absolute atomic E-state index is 0.201. The minimum Gasteiger partial charge on any atom is -0.354 e. The fourth-order valence-corrected chi connectivity index (χ4v) is 1.31. The first-order valence-corrected chi connectivity index (χ1v) is 3.97. The molecule has 0 aliphatic carbocycles. The topological polar surface area (TPSA) is 29.0 Å². The van der Waals surface area contributed by atoms with Crippen LogP contribution in [0.5, 0.6) is 0 Å². The van der Waals surface area contributed by atoms with E-state index in [0.717, 1.165) is 18.9 Å². The molecule has 12 heavy (non-hydrogen) atoms. The zero-order valence-electron chi connectivity index (χ0n) is 6.65. The number of alkyl halides is 1. The van der Waals surface area contributed by atoms with Crippen LogP contribution in [0.25, 0.3) is 0 Å². The molecular weight excluding hydrogens is 157 g/mol. The maximum absolute atomic E-state index is 12.1. The lowest BCUT2D eigenvalue weighted by Gasteiger charge is -2.38. The zero-order valence-corrected chi connectivity index (χ0v) is 6.65. The number of aromatic nitrogens is 2. The van der Waals surface area contributed by atoms with Crippen molar-refractivity contribution in [3.05, 3.63) is 18.6 Å². The molecule has 0 atom stereocenters. The van der Waals surface area contributed by atoms with E-state index in [1.54, 1.807) is 18.6 Å². The summed E-state index contributed by atoms with van der Waals surface area (Å²) in [5.41, 5.74) is 0. The summed E-state index contributed by atoms with van der Waals surface area (Å²) in [5, 5.41) is 0. The van der Waals surface area contributed by atoms with E-state index in [1.807, 2.05) is 4.90 Å². The van der Waals surface area contributed by atoms with Gasteiger partial charge in [-0.1, -0.05) is 0 Å². The second-order valence-electron chi connectivity index (χ2n) is 2.99. The maximum Gasteiger partial charge on any atom is 0.147 e. The van der Waals surface area contributed by atoms with Crippen molar-refractivity contribution in [3.63, 3.8) is 0 Å². The Morgan fingerprint density at radius 3 is 2.92 bits per heavy atom. The standard InChI is InChI=1S/C8H10FN3/c9-3-7-5-12(6-7)8-4-10-1-2-11-8/h1-2,4,7H,3,5-6H2. The summed E-state index contributed by atoms with van der Waals surface area (Å²) in [7, 11) is 0. The van der Waals surface area contributed by atoms with Crippen LogP contribution < -0.4 is 4.90 Å². The smallest absolute Gasteiger partial charge is 0.147 e. The van der Waals surface area contributed by atoms with Crippen LogP contribution >= 0.6 is 0 Å². The molecule has 1 aliphatic heterocycles. The predicted octanol–water partition coefficient (Wildman–Crippen LogP) is 0.882. The Bertz CT molecular complexity index is 246. The summed E-state index contributed by atoms with van der Waals surface area (Å²) < 4.78 is 12.1. The summed E-state index contributed by atoms with van der Waals surface area (Å²) >= 11 is 0. The first kappa shape index (κ1) is 7.46. The molecule has 0 N–H and O–H groups in total. The Balaban J connectivity index is 1.97. The third-order valence-corrected chi connectivity index (χ3v) is 2.05. The Kier molecular flexibility index (Phi) is 1.89. The van der Waals surface area contributed by atoms with Crippen LogP contribution in [0.2, 0.25) is 0 Å². The monoisotopic (exact) mass is 167 g/mol. The van der Waals surface area contributed by atoms with Crippen LogP contribution in [-0.2, 0) is 0 Å². The molecule has 0 radical (unpaired) electrons. The molecule has 2 rings (SSSR count). The molecule has 2 heterocycles. The van der Waals surface area contributed by atoms with Crippen LogP contribution in [0, 0.1) is 5.92 Å². The van der Waals surface area contributed by atoms with Gasteiger partial charge >= 0.3 is 0 Å². The van der Waals surface area contributed by atoms with Gasteiger partial charge in [-0.05, 0) is 0 Å². The molecular formula is C8H10FN3. The van der Waals surface area contributed by atoms with Gasteiger partial charge in [-0.3, -0.25) is 9.37 Å². The molecule has 1 aliphatic rings. The molecule has 4 heteroatoms. The second-order valence-corrected chi connectivity index (χ2v) is 2.99. The van der Waals surface area contributed by atoms with Crippen molar-refractivity contribution in [3.8, 4) is 0 Å². The highest BCUT2D eigenvalue weighted by Gasteiger charge is 2.27. The quantitative estimate of drug-likeness (QED) is 0.654. The van der Waals surface area contributed by atoms with Crippen LogP contribution in [0.1, 0.15) is 0 Å². The summed E-state index contributed by atoms with van der Waals surface area (Å²) in [6.45, 7) is 1.32. The molecule has 1 saturated heterocycles. The van der Waals surface area contributed by atoms with E-state index in [9.17, 15) is 4.39 Å². The predicted molar refractivity (Wildman–Crippen MR) is 43.7 cm³/mol. The first-order valence-electron chi connectivity index (χ1n) is 3.97. The lowest BCUT2D eigenvalue weighted by atomic mass is 10.0. The van der Waals surface area contributed by atoms with E-state index in [1.165, 1.54) is 0 Å². The molecule has 1 aromatic rings. The van der Waals surface area contributed by atoms with Crippen LogP contribution in [-0.4, -0.2) is 29.7 Å². The third kappa shape index (κ3) is 1.24. The number of nitrogens with zero attached hydrogens (tertiary/aromatic N) is 3. The van der Waals surface area contributed by atoms with Crippen LogP contribution in [0.3, 0.4) is 0 Å². The Hall–Kier alpha value is -1.19. The van der Waals surface area contributed by atoms with Gasteiger partial charge in [0.05, 0.1) is 12.9 Å². The Morgan fingerprint density at radius 1 is 1.50 bits per heavy atom. The van der Waals surface area contributed by atoms with Crippen LogP contribution in [0.15, 0.2) is 18.6 Å². The normalized spacial score (nSPS) is 17.6. The van der Waals surface area contributed by atoms with Gasteiger partial charge in [0.1, 0.15) is 5.82 Å². The molecule has 64 valence electrons. The highest BCUT2D eigenvalue weighted by molar-refractivity contribution is 5.38. The van der Waals surface area contributed by atoms with Crippen LogP contribution in [0.4, 0.5) is 10.2 Å². The molecule has 3 nitrogen and oxygen atoms in total. The van der Waals surface area contributed by atoms with E-state index in [-0.39, 0.29) is 12.6 Å². The van der Waals surface area contributed by atoms with Gasteiger partial charge in [-0.2, -0.15) is 0 Å². The number of rotatable bonds is 2. The average molecular weight is 167 g/mol. The Labute approximate surface area is 70.3 Å². The van der Waals surface area contributed by atoms with Gasteiger partial charge < -0.3 is 4.90 Å². The molecule has 1 aromatic heterocycles. The lowest BCUT2D eigenvalue weighted by Crippen LogP contribution is -2.48. The Morgan fingerprint density at radius 2 is 2.33 bits per heavy atom. The number of anilines is 1.